The van der Waals surface area contributed by atoms with Crippen LogP contribution in [0.5, 0.6) is 0 Å². The van der Waals surface area contributed by atoms with Crippen molar-refractivity contribution >= 4 is 17.4 Å². The zero-order valence-electron chi connectivity index (χ0n) is 10.9. The highest BCUT2D eigenvalue weighted by Crippen LogP contribution is 2.28. The molecule has 2 rings (SSSR count). The molecule has 0 bridgehead atoms. The molecule has 1 aromatic heterocycles. The Morgan fingerprint density at radius 2 is 2.00 bits per heavy atom. The second-order valence-corrected chi connectivity index (χ2v) is 4.99. The molecule has 4 heteroatoms. The minimum absolute atomic E-state index is 0.132. The molecule has 1 N–H and O–H groups in total. The normalized spacial score (nSPS) is 11.6. The molecule has 0 spiro atoms. The number of hydrogen-bond acceptors (Lipinski definition) is 4. The highest BCUT2D eigenvalue weighted by molar-refractivity contribution is 7.98. The third-order valence-corrected chi connectivity index (χ3v) is 3.72. The van der Waals surface area contributed by atoms with E-state index in [1.54, 1.807) is 24.2 Å². The van der Waals surface area contributed by atoms with E-state index in [1.165, 1.54) is 0 Å². The van der Waals surface area contributed by atoms with Gasteiger partial charge in [0.05, 0.1) is 11.3 Å². The van der Waals surface area contributed by atoms with E-state index < -0.39 is 0 Å². The van der Waals surface area contributed by atoms with E-state index in [0.717, 1.165) is 16.1 Å². The maximum atomic E-state index is 9.30. The summed E-state index contributed by atoms with van der Waals surface area (Å²) in [6, 6.07) is 12.2. The van der Waals surface area contributed by atoms with Crippen molar-refractivity contribution in [2.24, 2.45) is 0 Å². The van der Waals surface area contributed by atoms with Crippen LogP contribution in [-0.2, 0) is 0 Å². The van der Waals surface area contributed by atoms with Gasteiger partial charge in [-0.2, -0.15) is 5.26 Å². The molecule has 1 unspecified atom stereocenters. The number of hydrogen-bond donors (Lipinski definition) is 1. The summed E-state index contributed by atoms with van der Waals surface area (Å²) in [5.41, 5.74) is 2.73. The SMILES string of the molecule is CSc1cccc(NC(C)c2ccncc2)c1C#N. The third kappa shape index (κ3) is 3.07. The molecule has 1 atom stereocenters. The van der Waals surface area contributed by atoms with Gasteiger partial charge in [-0.05, 0) is 43.0 Å². The number of rotatable bonds is 4. The van der Waals surface area contributed by atoms with Gasteiger partial charge in [-0.15, -0.1) is 11.8 Å². The molecular formula is C15H15N3S. The van der Waals surface area contributed by atoms with Crippen LogP contribution in [0, 0.1) is 11.3 Å². The average Bonchev–Trinajstić information content (AvgIpc) is 2.47. The Balaban J connectivity index is 2.27. The fraction of sp³-hybridized carbons (Fsp3) is 0.200. The van der Waals surface area contributed by atoms with Crippen molar-refractivity contribution in [1.29, 1.82) is 5.26 Å². The highest BCUT2D eigenvalue weighted by Gasteiger charge is 2.10. The highest BCUT2D eigenvalue weighted by atomic mass is 32.2. The van der Waals surface area contributed by atoms with Crippen LogP contribution in [0.3, 0.4) is 0 Å². The Hall–Kier alpha value is -1.99. The van der Waals surface area contributed by atoms with Gasteiger partial charge in [0.15, 0.2) is 0 Å². The van der Waals surface area contributed by atoms with Crippen molar-refractivity contribution in [3.05, 3.63) is 53.9 Å². The van der Waals surface area contributed by atoms with Crippen LogP contribution in [0.2, 0.25) is 0 Å². The molecule has 0 saturated heterocycles. The molecular weight excluding hydrogens is 254 g/mol. The van der Waals surface area contributed by atoms with Gasteiger partial charge in [0.1, 0.15) is 6.07 Å². The molecule has 19 heavy (non-hydrogen) atoms. The number of anilines is 1. The Morgan fingerprint density at radius 1 is 1.26 bits per heavy atom. The summed E-state index contributed by atoms with van der Waals surface area (Å²) >= 11 is 1.58. The number of pyridine rings is 1. The summed E-state index contributed by atoms with van der Waals surface area (Å²) in [4.78, 5) is 5.01. The molecule has 2 aromatic rings. The van der Waals surface area contributed by atoms with Gasteiger partial charge >= 0.3 is 0 Å². The molecule has 0 saturated carbocycles. The van der Waals surface area contributed by atoms with Crippen LogP contribution in [0.4, 0.5) is 5.69 Å². The third-order valence-electron chi connectivity index (χ3n) is 2.94. The van der Waals surface area contributed by atoms with Crippen LogP contribution >= 0.6 is 11.8 Å². The lowest BCUT2D eigenvalue weighted by molar-refractivity contribution is 0.879. The second kappa shape index (κ2) is 6.26. The predicted molar refractivity (Wildman–Crippen MR) is 79.2 cm³/mol. The standard InChI is InChI=1S/C15H15N3S/c1-11(12-6-8-17-9-7-12)18-14-4-3-5-15(19-2)13(14)10-16/h3-9,11,18H,1-2H3. The van der Waals surface area contributed by atoms with Gasteiger partial charge in [-0.3, -0.25) is 4.98 Å². The van der Waals surface area contributed by atoms with Gasteiger partial charge in [0.25, 0.3) is 0 Å². The van der Waals surface area contributed by atoms with Gasteiger partial charge in [-0.25, -0.2) is 0 Å². The molecule has 0 fully saturated rings. The van der Waals surface area contributed by atoms with Gasteiger partial charge in [0.2, 0.25) is 0 Å². The molecule has 1 heterocycles. The Bertz CT molecular complexity index is 590. The summed E-state index contributed by atoms with van der Waals surface area (Å²) in [7, 11) is 0. The van der Waals surface area contributed by atoms with Crippen LogP contribution in [0.1, 0.15) is 24.1 Å². The van der Waals surface area contributed by atoms with Crippen molar-refractivity contribution in [2.75, 3.05) is 11.6 Å². The first-order chi connectivity index (χ1) is 9.26. The molecule has 1 aromatic carbocycles. The van der Waals surface area contributed by atoms with Crippen LogP contribution in [0.15, 0.2) is 47.6 Å². The maximum Gasteiger partial charge on any atom is 0.102 e. The Kier molecular flexibility index (Phi) is 4.43. The lowest BCUT2D eigenvalue weighted by Crippen LogP contribution is -2.08. The molecule has 0 aliphatic rings. The molecule has 0 radical (unpaired) electrons. The summed E-state index contributed by atoms with van der Waals surface area (Å²) < 4.78 is 0. The van der Waals surface area contributed by atoms with E-state index in [1.807, 2.05) is 36.6 Å². The minimum atomic E-state index is 0.132. The van der Waals surface area contributed by atoms with E-state index in [0.29, 0.717) is 5.56 Å². The van der Waals surface area contributed by atoms with Crippen molar-refractivity contribution in [3.63, 3.8) is 0 Å². The minimum Gasteiger partial charge on any atom is -0.377 e. The largest absolute Gasteiger partial charge is 0.377 e. The monoisotopic (exact) mass is 269 g/mol. The maximum absolute atomic E-state index is 9.30. The topological polar surface area (TPSA) is 48.7 Å². The van der Waals surface area contributed by atoms with Crippen molar-refractivity contribution < 1.29 is 0 Å². The Morgan fingerprint density at radius 3 is 2.63 bits per heavy atom. The number of aromatic nitrogens is 1. The smallest absolute Gasteiger partial charge is 0.102 e. The Labute approximate surface area is 117 Å². The first kappa shape index (κ1) is 13.4. The fourth-order valence-corrected chi connectivity index (χ4v) is 2.48. The zero-order valence-corrected chi connectivity index (χ0v) is 11.7. The van der Waals surface area contributed by atoms with E-state index in [-0.39, 0.29) is 6.04 Å². The average molecular weight is 269 g/mol. The molecule has 0 amide bonds. The summed E-state index contributed by atoms with van der Waals surface area (Å²) in [5.74, 6) is 0. The number of benzene rings is 1. The van der Waals surface area contributed by atoms with E-state index in [2.05, 4.69) is 23.3 Å². The van der Waals surface area contributed by atoms with Crippen LogP contribution in [0.25, 0.3) is 0 Å². The first-order valence-corrected chi connectivity index (χ1v) is 7.22. The van der Waals surface area contributed by atoms with Gasteiger partial charge in [-0.1, -0.05) is 6.07 Å². The molecule has 96 valence electrons. The molecule has 3 nitrogen and oxygen atoms in total. The van der Waals surface area contributed by atoms with Crippen molar-refractivity contribution in [2.45, 2.75) is 17.9 Å². The molecule has 0 aliphatic heterocycles. The first-order valence-electron chi connectivity index (χ1n) is 6.00. The second-order valence-electron chi connectivity index (χ2n) is 4.14. The number of nitrogens with zero attached hydrogens (tertiary/aromatic N) is 2. The lowest BCUT2D eigenvalue weighted by Gasteiger charge is -2.17. The van der Waals surface area contributed by atoms with Crippen LogP contribution in [-0.4, -0.2) is 11.2 Å². The quantitative estimate of drug-likeness (QED) is 0.856. The fourth-order valence-electron chi connectivity index (χ4n) is 1.91. The van der Waals surface area contributed by atoms with E-state index >= 15 is 0 Å². The summed E-state index contributed by atoms with van der Waals surface area (Å²) in [6.45, 7) is 2.07. The van der Waals surface area contributed by atoms with Crippen LogP contribution < -0.4 is 5.32 Å². The lowest BCUT2D eigenvalue weighted by atomic mass is 10.1. The van der Waals surface area contributed by atoms with Gasteiger partial charge in [0, 0.05) is 23.3 Å². The number of nitrogens with one attached hydrogen (secondary N) is 1. The van der Waals surface area contributed by atoms with Crippen molar-refractivity contribution in [1.82, 2.24) is 4.98 Å². The number of thioether (sulfide) groups is 1. The van der Waals surface area contributed by atoms with Gasteiger partial charge < -0.3 is 5.32 Å². The zero-order chi connectivity index (χ0) is 13.7. The summed E-state index contributed by atoms with van der Waals surface area (Å²) in [5, 5.41) is 12.7. The summed E-state index contributed by atoms with van der Waals surface area (Å²) in [6.07, 6.45) is 5.53. The number of nitriles is 1. The van der Waals surface area contributed by atoms with E-state index in [9.17, 15) is 5.26 Å². The van der Waals surface area contributed by atoms with E-state index in [4.69, 9.17) is 0 Å². The van der Waals surface area contributed by atoms with Crippen molar-refractivity contribution in [3.8, 4) is 6.07 Å². The predicted octanol–water partition coefficient (Wildman–Crippen LogP) is 3.85. The molecule has 0 aliphatic carbocycles.